The molecular weight excluding hydrogens is 250 g/mol. The Hall–Kier alpha value is -1.71. The molecule has 1 aliphatic carbocycles. The number of hydrogen-bond donors (Lipinski definition) is 2. The van der Waals surface area contributed by atoms with Gasteiger partial charge in [0.15, 0.2) is 0 Å². The Morgan fingerprint density at radius 2 is 1.80 bits per heavy atom. The molecule has 1 aliphatic heterocycles. The molecular formula is C16H23N3O. The summed E-state index contributed by atoms with van der Waals surface area (Å²) >= 11 is 0. The molecule has 4 nitrogen and oxygen atoms in total. The zero-order valence-corrected chi connectivity index (χ0v) is 11.9. The molecule has 0 bridgehead atoms. The van der Waals surface area contributed by atoms with Crippen molar-refractivity contribution in [3.63, 3.8) is 0 Å². The fraction of sp³-hybridized carbons (Fsp3) is 0.562. The molecule has 1 amide bonds. The van der Waals surface area contributed by atoms with Crippen molar-refractivity contribution in [2.24, 2.45) is 0 Å². The van der Waals surface area contributed by atoms with E-state index in [0.717, 1.165) is 31.6 Å². The van der Waals surface area contributed by atoms with Crippen LogP contribution < -0.4 is 15.5 Å². The second-order valence-electron chi connectivity index (χ2n) is 5.79. The number of piperidine rings is 1. The Labute approximate surface area is 120 Å². The van der Waals surface area contributed by atoms with Gasteiger partial charge in [-0.1, -0.05) is 0 Å². The zero-order chi connectivity index (χ0) is 13.8. The highest BCUT2D eigenvalue weighted by atomic mass is 16.2. The lowest BCUT2D eigenvalue weighted by Crippen LogP contribution is -2.31. The summed E-state index contributed by atoms with van der Waals surface area (Å²) < 4.78 is 0. The van der Waals surface area contributed by atoms with Crippen molar-refractivity contribution in [3.8, 4) is 0 Å². The molecule has 2 N–H and O–H groups in total. The molecule has 0 atom stereocenters. The van der Waals surface area contributed by atoms with E-state index >= 15 is 0 Å². The van der Waals surface area contributed by atoms with Crippen LogP contribution >= 0.6 is 0 Å². The van der Waals surface area contributed by atoms with E-state index in [0.29, 0.717) is 12.6 Å². The van der Waals surface area contributed by atoms with Gasteiger partial charge in [-0.25, -0.2) is 0 Å². The van der Waals surface area contributed by atoms with Crippen molar-refractivity contribution in [2.75, 3.05) is 29.9 Å². The molecule has 2 aliphatic rings. The first-order valence-corrected chi connectivity index (χ1v) is 7.69. The Morgan fingerprint density at radius 1 is 1.10 bits per heavy atom. The van der Waals surface area contributed by atoms with E-state index in [9.17, 15) is 4.79 Å². The van der Waals surface area contributed by atoms with Gasteiger partial charge >= 0.3 is 0 Å². The summed E-state index contributed by atoms with van der Waals surface area (Å²) in [5.41, 5.74) is 2.30. The van der Waals surface area contributed by atoms with Crippen molar-refractivity contribution in [2.45, 2.75) is 38.1 Å². The number of rotatable bonds is 5. The highest BCUT2D eigenvalue weighted by Gasteiger charge is 2.22. The van der Waals surface area contributed by atoms with Gasteiger partial charge in [0.05, 0.1) is 6.54 Å². The molecule has 0 aromatic heterocycles. The number of nitrogens with zero attached hydrogens (tertiary/aromatic N) is 1. The SMILES string of the molecule is O=C(CNc1ccc(N2CCCCC2)cc1)NC1CC1. The monoisotopic (exact) mass is 273 g/mol. The molecule has 1 saturated carbocycles. The van der Waals surface area contributed by atoms with Gasteiger partial charge in [-0.3, -0.25) is 4.79 Å². The molecule has 1 aromatic carbocycles. The summed E-state index contributed by atoms with van der Waals surface area (Å²) in [7, 11) is 0. The maximum atomic E-state index is 11.6. The largest absolute Gasteiger partial charge is 0.376 e. The van der Waals surface area contributed by atoms with Gasteiger partial charge in [-0.2, -0.15) is 0 Å². The van der Waals surface area contributed by atoms with E-state index in [4.69, 9.17) is 0 Å². The Morgan fingerprint density at radius 3 is 2.45 bits per heavy atom. The summed E-state index contributed by atoms with van der Waals surface area (Å²) in [6.45, 7) is 2.69. The number of hydrogen-bond acceptors (Lipinski definition) is 3. The summed E-state index contributed by atoms with van der Waals surface area (Å²) in [6.07, 6.45) is 6.21. The second kappa shape index (κ2) is 6.16. The Balaban J connectivity index is 1.48. The highest BCUT2D eigenvalue weighted by molar-refractivity contribution is 5.81. The third-order valence-electron chi connectivity index (χ3n) is 3.98. The minimum atomic E-state index is 0.0904. The van der Waals surface area contributed by atoms with Crippen molar-refractivity contribution in [1.82, 2.24) is 5.32 Å². The average Bonchev–Trinajstić information content (AvgIpc) is 3.31. The van der Waals surface area contributed by atoms with Gasteiger partial charge in [0.2, 0.25) is 5.91 Å². The molecule has 108 valence electrons. The smallest absolute Gasteiger partial charge is 0.239 e. The van der Waals surface area contributed by atoms with E-state index < -0.39 is 0 Å². The van der Waals surface area contributed by atoms with Crippen LogP contribution in [0.25, 0.3) is 0 Å². The predicted molar refractivity (Wildman–Crippen MR) is 82.2 cm³/mol. The predicted octanol–water partition coefficient (Wildman–Crippen LogP) is 2.37. The van der Waals surface area contributed by atoms with E-state index in [1.54, 1.807) is 0 Å². The number of anilines is 2. The van der Waals surface area contributed by atoms with Gasteiger partial charge in [0.25, 0.3) is 0 Å². The first-order chi connectivity index (χ1) is 9.81. The van der Waals surface area contributed by atoms with Crippen molar-refractivity contribution >= 4 is 17.3 Å². The van der Waals surface area contributed by atoms with Crippen LogP contribution in [-0.2, 0) is 4.79 Å². The van der Waals surface area contributed by atoms with E-state index in [2.05, 4.69) is 39.8 Å². The summed E-state index contributed by atoms with van der Waals surface area (Å²) in [6, 6.07) is 8.85. The number of carbonyl (C=O) groups is 1. The minimum absolute atomic E-state index is 0.0904. The molecule has 4 heteroatoms. The first kappa shape index (κ1) is 13.3. The summed E-state index contributed by atoms with van der Waals surface area (Å²) in [4.78, 5) is 14.0. The third-order valence-corrected chi connectivity index (χ3v) is 3.98. The normalized spacial score (nSPS) is 18.7. The standard InChI is InChI=1S/C16H23N3O/c20-16(18-14-4-5-14)12-17-13-6-8-15(9-7-13)19-10-2-1-3-11-19/h6-9,14,17H,1-5,10-12H2,(H,18,20). The molecule has 1 heterocycles. The summed E-state index contributed by atoms with van der Waals surface area (Å²) in [5, 5.41) is 6.15. The fourth-order valence-corrected chi connectivity index (χ4v) is 2.63. The topological polar surface area (TPSA) is 44.4 Å². The molecule has 20 heavy (non-hydrogen) atoms. The van der Waals surface area contributed by atoms with Gasteiger partial charge < -0.3 is 15.5 Å². The number of carbonyl (C=O) groups excluding carboxylic acids is 1. The molecule has 2 fully saturated rings. The van der Waals surface area contributed by atoms with Crippen LogP contribution in [-0.4, -0.2) is 31.6 Å². The zero-order valence-electron chi connectivity index (χ0n) is 11.9. The van der Waals surface area contributed by atoms with E-state index in [-0.39, 0.29) is 5.91 Å². The molecule has 3 rings (SSSR count). The van der Waals surface area contributed by atoms with E-state index in [1.807, 2.05) is 0 Å². The van der Waals surface area contributed by atoms with Crippen LogP contribution in [0, 0.1) is 0 Å². The Kier molecular flexibility index (Phi) is 4.09. The third kappa shape index (κ3) is 3.65. The van der Waals surface area contributed by atoms with Gasteiger partial charge in [0, 0.05) is 30.5 Å². The van der Waals surface area contributed by atoms with Crippen LogP contribution in [0.3, 0.4) is 0 Å². The van der Waals surface area contributed by atoms with Crippen LogP contribution in [0.15, 0.2) is 24.3 Å². The van der Waals surface area contributed by atoms with Crippen LogP contribution in [0.5, 0.6) is 0 Å². The molecule has 1 saturated heterocycles. The maximum absolute atomic E-state index is 11.6. The van der Waals surface area contributed by atoms with Gasteiger partial charge in [-0.15, -0.1) is 0 Å². The van der Waals surface area contributed by atoms with Crippen LogP contribution in [0.4, 0.5) is 11.4 Å². The lowest BCUT2D eigenvalue weighted by Gasteiger charge is -2.28. The van der Waals surface area contributed by atoms with Crippen LogP contribution in [0.1, 0.15) is 32.1 Å². The molecule has 1 aromatic rings. The highest BCUT2D eigenvalue weighted by Crippen LogP contribution is 2.22. The fourth-order valence-electron chi connectivity index (χ4n) is 2.63. The second-order valence-corrected chi connectivity index (χ2v) is 5.79. The minimum Gasteiger partial charge on any atom is -0.376 e. The maximum Gasteiger partial charge on any atom is 0.239 e. The summed E-state index contributed by atoms with van der Waals surface area (Å²) in [5.74, 6) is 0.0904. The average molecular weight is 273 g/mol. The molecule has 0 spiro atoms. The van der Waals surface area contributed by atoms with Gasteiger partial charge in [-0.05, 0) is 56.4 Å². The van der Waals surface area contributed by atoms with E-state index in [1.165, 1.54) is 24.9 Å². The lowest BCUT2D eigenvalue weighted by atomic mass is 10.1. The molecule has 0 radical (unpaired) electrons. The Bertz CT molecular complexity index is 447. The number of amides is 1. The first-order valence-electron chi connectivity index (χ1n) is 7.69. The quantitative estimate of drug-likeness (QED) is 0.865. The molecule has 0 unspecified atom stereocenters. The number of nitrogens with one attached hydrogen (secondary N) is 2. The van der Waals surface area contributed by atoms with Crippen LogP contribution in [0.2, 0.25) is 0 Å². The van der Waals surface area contributed by atoms with Crippen molar-refractivity contribution < 1.29 is 4.79 Å². The van der Waals surface area contributed by atoms with Gasteiger partial charge in [0.1, 0.15) is 0 Å². The van der Waals surface area contributed by atoms with Crippen molar-refractivity contribution in [3.05, 3.63) is 24.3 Å². The van der Waals surface area contributed by atoms with Crippen molar-refractivity contribution in [1.29, 1.82) is 0 Å². The lowest BCUT2D eigenvalue weighted by molar-refractivity contribution is -0.119. The number of benzene rings is 1.